The molecule has 0 aliphatic rings. The van der Waals surface area contributed by atoms with Gasteiger partial charge in [-0.1, -0.05) is 11.6 Å². The van der Waals surface area contributed by atoms with Crippen LogP contribution in [0.4, 0.5) is 5.82 Å². The van der Waals surface area contributed by atoms with Crippen LogP contribution in [0.25, 0.3) is 0 Å². The van der Waals surface area contributed by atoms with Gasteiger partial charge in [-0.15, -0.1) is 0 Å². The zero-order chi connectivity index (χ0) is 5.98. The van der Waals surface area contributed by atoms with Crippen LogP contribution in [0.3, 0.4) is 0 Å². The highest BCUT2D eigenvalue weighted by molar-refractivity contribution is 6.29. The van der Waals surface area contributed by atoms with Gasteiger partial charge in [-0.25, -0.2) is 9.97 Å². The standard InChI is InChI=1S/C4H3ClN3/c5-3-1-4(6)8-2-7-3/h1H,(H2,6,7,8). The van der Waals surface area contributed by atoms with Crippen LogP contribution in [0.5, 0.6) is 0 Å². The van der Waals surface area contributed by atoms with Crippen molar-refractivity contribution >= 4 is 17.4 Å². The molecule has 0 saturated heterocycles. The zero-order valence-corrected chi connectivity index (χ0v) is 4.68. The Morgan fingerprint density at radius 1 is 1.62 bits per heavy atom. The largest absolute Gasteiger partial charge is 0.384 e. The van der Waals surface area contributed by atoms with Crippen molar-refractivity contribution < 1.29 is 0 Å². The van der Waals surface area contributed by atoms with E-state index in [-0.39, 0.29) is 0 Å². The molecule has 1 rings (SSSR count). The second-order valence-corrected chi connectivity index (χ2v) is 1.60. The fraction of sp³-hybridized carbons (Fsp3) is 0. The highest BCUT2D eigenvalue weighted by Crippen LogP contribution is 2.03. The van der Waals surface area contributed by atoms with E-state index in [0.717, 1.165) is 0 Å². The molecular formula is C4H3ClN3. The molecule has 0 saturated carbocycles. The normalized spacial score (nSPS) is 9.12. The van der Waals surface area contributed by atoms with E-state index < -0.39 is 0 Å². The zero-order valence-electron chi connectivity index (χ0n) is 3.93. The van der Waals surface area contributed by atoms with Crippen molar-refractivity contribution in [2.75, 3.05) is 5.73 Å². The molecule has 1 heterocycles. The molecule has 1 aromatic heterocycles. The summed E-state index contributed by atoms with van der Waals surface area (Å²) in [6.07, 6.45) is 2.27. The highest BCUT2D eigenvalue weighted by Gasteiger charge is 1.87. The summed E-state index contributed by atoms with van der Waals surface area (Å²) in [5.74, 6) is 0.338. The molecule has 0 unspecified atom stereocenters. The first-order valence-electron chi connectivity index (χ1n) is 1.95. The minimum atomic E-state index is 0.317. The van der Waals surface area contributed by atoms with Crippen molar-refractivity contribution in [3.05, 3.63) is 17.5 Å². The van der Waals surface area contributed by atoms with Gasteiger partial charge in [-0.05, 0) is 0 Å². The average molecular weight is 129 g/mol. The lowest BCUT2D eigenvalue weighted by Gasteiger charge is -1.86. The minimum Gasteiger partial charge on any atom is -0.384 e. The van der Waals surface area contributed by atoms with E-state index in [1.165, 1.54) is 6.07 Å². The molecule has 0 atom stereocenters. The number of hydrogen-bond acceptors (Lipinski definition) is 3. The molecule has 1 aromatic rings. The van der Waals surface area contributed by atoms with Crippen molar-refractivity contribution in [3.63, 3.8) is 0 Å². The van der Waals surface area contributed by atoms with Gasteiger partial charge < -0.3 is 5.73 Å². The van der Waals surface area contributed by atoms with Crippen LogP contribution in [0, 0.1) is 6.33 Å². The van der Waals surface area contributed by atoms with Gasteiger partial charge in [0.2, 0.25) is 6.33 Å². The molecule has 3 nitrogen and oxygen atoms in total. The number of halogens is 1. The van der Waals surface area contributed by atoms with Crippen molar-refractivity contribution in [2.24, 2.45) is 0 Å². The second kappa shape index (κ2) is 1.96. The molecule has 0 aromatic carbocycles. The number of anilines is 1. The first kappa shape index (κ1) is 5.31. The molecule has 0 fully saturated rings. The highest BCUT2D eigenvalue weighted by atomic mass is 35.5. The fourth-order valence-corrected chi connectivity index (χ4v) is 0.467. The summed E-state index contributed by atoms with van der Waals surface area (Å²) in [7, 11) is 0. The maximum Gasteiger partial charge on any atom is 0.201 e. The van der Waals surface area contributed by atoms with Crippen LogP contribution in [-0.2, 0) is 0 Å². The Labute approximate surface area is 51.5 Å². The van der Waals surface area contributed by atoms with Crippen LogP contribution >= 0.6 is 11.6 Å². The predicted molar refractivity (Wildman–Crippen MR) is 30.3 cm³/mol. The van der Waals surface area contributed by atoms with E-state index >= 15 is 0 Å². The van der Waals surface area contributed by atoms with Crippen LogP contribution in [0.2, 0.25) is 5.15 Å². The lowest BCUT2D eigenvalue weighted by atomic mass is 10.6. The summed E-state index contributed by atoms with van der Waals surface area (Å²) in [6, 6.07) is 1.46. The Morgan fingerprint density at radius 3 is 2.75 bits per heavy atom. The summed E-state index contributed by atoms with van der Waals surface area (Å²) in [4.78, 5) is 6.99. The maximum atomic E-state index is 5.38. The van der Waals surface area contributed by atoms with E-state index in [2.05, 4.69) is 16.3 Å². The average Bonchev–Trinajstić information content (AvgIpc) is 1.64. The Balaban J connectivity index is 3.08. The summed E-state index contributed by atoms with van der Waals surface area (Å²) in [5.41, 5.74) is 5.19. The van der Waals surface area contributed by atoms with Crippen LogP contribution in [-0.4, -0.2) is 9.97 Å². The van der Waals surface area contributed by atoms with E-state index in [1.54, 1.807) is 0 Å². The van der Waals surface area contributed by atoms with E-state index in [1.807, 2.05) is 0 Å². The molecule has 0 bridgehead atoms. The van der Waals surface area contributed by atoms with Gasteiger partial charge in [0.15, 0.2) is 0 Å². The minimum absolute atomic E-state index is 0.317. The lowest BCUT2D eigenvalue weighted by molar-refractivity contribution is 1.16. The van der Waals surface area contributed by atoms with Crippen LogP contribution in [0.15, 0.2) is 6.07 Å². The van der Waals surface area contributed by atoms with E-state index in [4.69, 9.17) is 17.3 Å². The Bertz CT molecular complexity index is 171. The van der Waals surface area contributed by atoms with Crippen LogP contribution < -0.4 is 5.73 Å². The van der Waals surface area contributed by atoms with Gasteiger partial charge in [0.1, 0.15) is 11.0 Å². The van der Waals surface area contributed by atoms with Crippen LogP contribution in [0.1, 0.15) is 0 Å². The summed E-state index contributed by atoms with van der Waals surface area (Å²) >= 11 is 5.38. The van der Waals surface area contributed by atoms with Gasteiger partial charge in [0, 0.05) is 6.07 Å². The number of nitrogens with zero attached hydrogens (tertiary/aromatic N) is 2. The Kier molecular flexibility index (Phi) is 1.30. The topological polar surface area (TPSA) is 51.8 Å². The predicted octanol–water partition coefficient (Wildman–Crippen LogP) is 0.512. The first-order chi connectivity index (χ1) is 3.79. The third-order valence-electron chi connectivity index (χ3n) is 0.603. The molecule has 41 valence electrons. The monoisotopic (exact) mass is 128 g/mol. The van der Waals surface area contributed by atoms with Gasteiger partial charge in [0.25, 0.3) is 0 Å². The van der Waals surface area contributed by atoms with Gasteiger partial charge in [-0.3, -0.25) is 0 Å². The molecular weight excluding hydrogens is 126 g/mol. The van der Waals surface area contributed by atoms with Crippen molar-refractivity contribution in [1.29, 1.82) is 0 Å². The number of rotatable bonds is 0. The third kappa shape index (κ3) is 1.07. The molecule has 0 aliphatic heterocycles. The van der Waals surface area contributed by atoms with Gasteiger partial charge in [-0.2, -0.15) is 0 Å². The number of nitrogen functional groups attached to an aromatic ring is 1. The van der Waals surface area contributed by atoms with Crippen molar-refractivity contribution in [1.82, 2.24) is 9.97 Å². The molecule has 8 heavy (non-hydrogen) atoms. The quantitative estimate of drug-likeness (QED) is 0.518. The molecule has 2 N–H and O–H groups in total. The van der Waals surface area contributed by atoms with E-state index in [0.29, 0.717) is 11.0 Å². The van der Waals surface area contributed by atoms with Crippen molar-refractivity contribution in [3.8, 4) is 0 Å². The van der Waals surface area contributed by atoms with Gasteiger partial charge in [0.05, 0.1) is 0 Å². The summed E-state index contributed by atoms with van der Waals surface area (Å²) < 4.78 is 0. The lowest BCUT2D eigenvalue weighted by Crippen LogP contribution is -1.89. The first-order valence-corrected chi connectivity index (χ1v) is 2.33. The molecule has 0 aliphatic carbocycles. The maximum absolute atomic E-state index is 5.38. The second-order valence-electron chi connectivity index (χ2n) is 1.22. The Morgan fingerprint density at radius 2 is 2.38 bits per heavy atom. The van der Waals surface area contributed by atoms with E-state index in [9.17, 15) is 0 Å². The number of aromatic nitrogens is 2. The molecule has 1 radical (unpaired) electrons. The molecule has 0 spiro atoms. The smallest absolute Gasteiger partial charge is 0.201 e. The van der Waals surface area contributed by atoms with Crippen molar-refractivity contribution in [2.45, 2.75) is 0 Å². The molecule has 4 heteroatoms. The summed E-state index contributed by atoms with van der Waals surface area (Å²) in [6.45, 7) is 0. The van der Waals surface area contributed by atoms with Gasteiger partial charge >= 0.3 is 0 Å². The molecule has 0 amide bonds. The summed E-state index contributed by atoms with van der Waals surface area (Å²) in [5, 5.41) is 0.317. The third-order valence-corrected chi connectivity index (χ3v) is 0.797. The SMILES string of the molecule is Nc1cc(Cl)n[c]n1. The Hall–Kier alpha value is -0.830. The number of nitrogens with two attached hydrogens (primary N) is 1. The fourth-order valence-electron chi connectivity index (χ4n) is 0.317. The number of hydrogen-bond donors (Lipinski definition) is 1.